The molecule has 4 heteroatoms. The van der Waals surface area contributed by atoms with Gasteiger partial charge in [-0.3, -0.25) is 0 Å². The Morgan fingerprint density at radius 2 is 2.18 bits per heavy atom. The second kappa shape index (κ2) is 4.41. The third-order valence-electron chi connectivity index (χ3n) is 3.03. The smallest absolute Gasteiger partial charge is 0.125 e. The van der Waals surface area contributed by atoms with Crippen molar-refractivity contribution in [3.8, 4) is 10.6 Å². The summed E-state index contributed by atoms with van der Waals surface area (Å²) in [5, 5.41) is 11.5. The molecule has 17 heavy (non-hydrogen) atoms. The summed E-state index contributed by atoms with van der Waals surface area (Å²) < 4.78 is 0. The van der Waals surface area contributed by atoms with E-state index in [1.165, 1.54) is 4.88 Å². The van der Waals surface area contributed by atoms with Crippen molar-refractivity contribution in [2.45, 2.75) is 25.4 Å². The monoisotopic (exact) mass is 265 g/mol. The van der Waals surface area contributed by atoms with Gasteiger partial charge in [0.15, 0.2) is 0 Å². The molecule has 1 aromatic carbocycles. The number of benzene rings is 1. The number of rotatable bonds is 1. The van der Waals surface area contributed by atoms with Crippen molar-refractivity contribution in [1.29, 1.82) is 0 Å². The lowest BCUT2D eigenvalue weighted by molar-refractivity contribution is 0.153. The highest BCUT2D eigenvalue weighted by atomic mass is 35.5. The fourth-order valence-corrected chi connectivity index (χ4v) is 3.62. The van der Waals surface area contributed by atoms with Gasteiger partial charge in [0.1, 0.15) is 5.01 Å². The van der Waals surface area contributed by atoms with E-state index in [4.69, 9.17) is 11.6 Å². The first-order chi connectivity index (χ1) is 8.25. The first-order valence-electron chi connectivity index (χ1n) is 5.68. The average Bonchev–Trinajstić information content (AvgIpc) is 2.75. The predicted octanol–water partition coefficient (Wildman–Crippen LogP) is 3.83. The van der Waals surface area contributed by atoms with Crippen molar-refractivity contribution in [3.63, 3.8) is 0 Å². The number of aliphatic hydroxyl groups is 1. The van der Waals surface area contributed by atoms with Gasteiger partial charge in [-0.05, 0) is 25.3 Å². The van der Waals surface area contributed by atoms with E-state index in [0.29, 0.717) is 5.02 Å². The maximum absolute atomic E-state index is 9.90. The van der Waals surface area contributed by atoms with Gasteiger partial charge in [-0.1, -0.05) is 29.8 Å². The Hall–Kier alpha value is -0.900. The molecule has 1 atom stereocenters. The van der Waals surface area contributed by atoms with Crippen LogP contribution in [0.3, 0.4) is 0 Å². The number of hydrogen-bond acceptors (Lipinski definition) is 3. The van der Waals surface area contributed by atoms with Crippen molar-refractivity contribution in [3.05, 3.63) is 39.9 Å². The standard InChI is InChI=1S/C13H12ClNOS/c14-9-5-2-1-4-8(9)13-15-12-10(16)6-3-7-11(12)17-13/h1-2,4-5,10,16H,3,6-7H2. The molecule has 1 aromatic heterocycles. The number of fused-ring (bicyclic) bond motifs is 1. The molecule has 0 bridgehead atoms. The molecule has 88 valence electrons. The molecule has 0 spiro atoms. The summed E-state index contributed by atoms with van der Waals surface area (Å²) in [7, 11) is 0. The molecule has 0 amide bonds. The van der Waals surface area contributed by atoms with Crippen molar-refractivity contribution in [2.75, 3.05) is 0 Å². The van der Waals surface area contributed by atoms with Gasteiger partial charge in [-0.2, -0.15) is 0 Å². The van der Waals surface area contributed by atoms with Crippen molar-refractivity contribution in [2.24, 2.45) is 0 Å². The quantitative estimate of drug-likeness (QED) is 0.850. The predicted molar refractivity (Wildman–Crippen MR) is 70.5 cm³/mol. The highest BCUT2D eigenvalue weighted by Gasteiger charge is 2.23. The Labute approximate surface area is 109 Å². The van der Waals surface area contributed by atoms with Gasteiger partial charge in [0, 0.05) is 10.4 Å². The lowest BCUT2D eigenvalue weighted by Gasteiger charge is -2.14. The van der Waals surface area contributed by atoms with Gasteiger partial charge in [0.2, 0.25) is 0 Å². The highest BCUT2D eigenvalue weighted by Crippen LogP contribution is 2.38. The molecular formula is C13H12ClNOS. The molecule has 1 unspecified atom stereocenters. The first kappa shape index (κ1) is 11.2. The Balaban J connectivity index is 2.08. The van der Waals surface area contributed by atoms with E-state index in [1.807, 2.05) is 24.3 Å². The van der Waals surface area contributed by atoms with Crippen LogP contribution < -0.4 is 0 Å². The number of aliphatic hydroxyl groups excluding tert-OH is 1. The van der Waals surface area contributed by atoms with E-state index >= 15 is 0 Å². The van der Waals surface area contributed by atoms with Crippen molar-refractivity contribution < 1.29 is 5.11 Å². The Morgan fingerprint density at radius 1 is 1.35 bits per heavy atom. The molecule has 1 aliphatic rings. The molecule has 0 radical (unpaired) electrons. The fraction of sp³-hybridized carbons (Fsp3) is 0.308. The summed E-state index contributed by atoms with van der Waals surface area (Å²) in [5.74, 6) is 0. The molecule has 0 fully saturated rings. The van der Waals surface area contributed by atoms with Crippen molar-refractivity contribution >= 4 is 22.9 Å². The minimum atomic E-state index is -0.397. The van der Waals surface area contributed by atoms with Crippen LogP contribution in [0, 0.1) is 0 Å². The maximum Gasteiger partial charge on any atom is 0.125 e. The Kier molecular flexibility index (Phi) is 2.90. The van der Waals surface area contributed by atoms with Crippen LogP contribution in [0.1, 0.15) is 29.5 Å². The van der Waals surface area contributed by atoms with Crippen LogP contribution in [0.5, 0.6) is 0 Å². The first-order valence-corrected chi connectivity index (χ1v) is 6.87. The van der Waals surface area contributed by atoms with Crippen LogP contribution in [-0.2, 0) is 6.42 Å². The molecule has 1 aliphatic carbocycles. The van der Waals surface area contributed by atoms with E-state index in [1.54, 1.807) is 11.3 Å². The number of aromatic nitrogens is 1. The van der Waals surface area contributed by atoms with E-state index in [0.717, 1.165) is 35.5 Å². The third kappa shape index (κ3) is 1.99. The van der Waals surface area contributed by atoms with E-state index in [-0.39, 0.29) is 0 Å². The molecule has 2 aromatic rings. The van der Waals surface area contributed by atoms with Gasteiger partial charge in [0.25, 0.3) is 0 Å². The summed E-state index contributed by atoms with van der Waals surface area (Å²) in [6, 6.07) is 7.71. The van der Waals surface area contributed by atoms with Crippen LogP contribution in [-0.4, -0.2) is 10.1 Å². The summed E-state index contributed by atoms with van der Waals surface area (Å²) in [6.45, 7) is 0. The van der Waals surface area contributed by atoms with Crippen LogP contribution in [0.2, 0.25) is 5.02 Å². The van der Waals surface area contributed by atoms with E-state index < -0.39 is 6.10 Å². The number of hydrogen-bond donors (Lipinski definition) is 1. The van der Waals surface area contributed by atoms with Gasteiger partial charge >= 0.3 is 0 Å². The van der Waals surface area contributed by atoms with Crippen LogP contribution in [0.4, 0.5) is 0 Å². The minimum absolute atomic E-state index is 0.397. The number of nitrogens with zero attached hydrogens (tertiary/aromatic N) is 1. The molecule has 0 saturated heterocycles. The SMILES string of the molecule is OC1CCCc2sc(-c3ccccc3Cl)nc21. The lowest BCUT2D eigenvalue weighted by atomic mass is 10.0. The topological polar surface area (TPSA) is 33.1 Å². The molecule has 0 saturated carbocycles. The zero-order valence-corrected chi connectivity index (χ0v) is 10.8. The van der Waals surface area contributed by atoms with Gasteiger partial charge in [-0.25, -0.2) is 4.98 Å². The Morgan fingerprint density at radius 3 is 2.94 bits per heavy atom. The van der Waals surface area contributed by atoms with E-state index in [2.05, 4.69) is 4.98 Å². The van der Waals surface area contributed by atoms with Crippen LogP contribution in [0.25, 0.3) is 10.6 Å². The molecular weight excluding hydrogens is 254 g/mol. The van der Waals surface area contributed by atoms with Gasteiger partial charge < -0.3 is 5.11 Å². The minimum Gasteiger partial charge on any atom is -0.387 e. The normalized spacial score (nSPS) is 19.1. The highest BCUT2D eigenvalue weighted by molar-refractivity contribution is 7.15. The second-order valence-corrected chi connectivity index (χ2v) is 5.71. The molecule has 2 nitrogen and oxygen atoms in total. The van der Waals surface area contributed by atoms with Crippen molar-refractivity contribution in [1.82, 2.24) is 4.98 Å². The maximum atomic E-state index is 9.90. The van der Waals surface area contributed by atoms with Gasteiger partial charge in [0.05, 0.1) is 16.8 Å². The summed E-state index contributed by atoms with van der Waals surface area (Å²) in [6.07, 6.45) is 2.48. The summed E-state index contributed by atoms with van der Waals surface area (Å²) >= 11 is 7.81. The molecule has 1 N–H and O–H groups in total. The molecule has 0 aliphatic heterocycles. The number of halogens is 1. The number of aryl methyl sites for hydroxylation is 1. The summed E-state index contributed by atoms with van der Waals surface area (Å²) in [4.78, 5) is 5.75. The van der Waals surface area contributed by atoms with Crippen LogP contribution >= 0.6 is 22.9 Å². The number of thiazole rings is 1. The molecule has 1 heterocycles. The van der Waals surface area contributed by atoms with E-state index in [9.17, 15) is 5.11 Å². The van der Waals surface area contributed by atoms with Gasteiger partial charge in [-0.15, -0.1) is 11.3 Å². The zero-order valence-electron chi connectivity index (χ0n) is 9.19. The van der Waals surface area contributed by atoms with Crippen LogP contribution in [0.15, 0.2) is 24.3 Å². The molecule has 3 rings (SSSR count). The lowest BCUT2D eigenvalue weighted by Crippen LogP contribution is -2.07. The average molecular weight is 266 g/mol. The third-order valence-corrected chi connectivity index (χ3v) is 4.52. The largest absolute Gasteiger partial charge is 0.387 e. The zero-order chi connectivity index (χ0) is 11.8. The fourth-order valence-electron chi connectivity index (χ4n) is 2.15. The summed E-state index contributed by atoms with van der Waals surface area (Å²) in [5.41, 5.74) is 1.82. The second-order valence-electron chi connectivity index (χ2n) is 4.22. The Bertz CT molecular complexity index is 552.